The summed E-state index contributed by atoms with van der Waals surface area (Å²) in [6.07, 6.45) is 3.38. The number of nitrogens with one attached hydrogen (secondary N) is 1. The van der Waals surface area contributed by atoms with Crippen molar-refractivity contribution < 1.29 is 8.78 Å². The second-order valence-corrected chi connectivity index (χ2v) is 1.93. The van der Waals surface area contributed by atoms with Crippen LogP contribution in [0.2, 0.25) is 0 Å². The number of halogens is 2. The van der Waals surface area contributed by atoms with Crippen molar-refractivity contribution in [3.05, 3.63) is 0 Å². The number of terminal acetylenes is 1. The zero-order valence-corrected chi connectivity index (χ0v) is 5.90. The molecule has 3 heteroatoms. The second kappa shape index (κ2) is 5.19. The lowest BCUT2D eigenvalue weighted by Crippen LogP contribution is -2.31. The Balaban J connectivity index is 3.38. The molecule has 0 amide bonds. The van der Waals surface area contributed by atoms with E-state index in [-0.39, 0.29) is 12.6 Å². The normalized spacial score (nSPS) is 13.1. The molecule has 0 aliphatic carbocycles. The fraction of sp³-hybridized carbons (Fsp3) is 0.714. The maximum absolute atomic E-state index is 11.5. The molecule has 0 saturated carbocycles. The maximum Gasteiger partial charge on any atom is 0.250 e. The summed E-state index contributed by atoms with van der Waals surface area (Å²) in [6.45, 7) is 1.53. The van der Waals surface area contributed by atoms with Crippen molar-refractivity contribution in [3.63, 3.8) is 0 Å². The van der Waals surface area contributed by atoms with Crippen molar-refractivity contribution in [1.82, 2.24) is 5.32 Å². The van der Waals surface area contributed by atoms with Crippen LogP contribution in [0.5, 0.6) is 0 Å². The van der Waals surface area contributed by atoms with Gasteiger partial charge in [-0.2, -0.15) is 0 Å². The van der Waals surface area contributed by atoms with Crippen molar-refractivity contribution in [2.24, 2.45) is 0 Å². The van der Waals surface area contributed by atoms with Crippen LogP contribution in [0.1, 0.15) is 13.3 Å². The van der Waals surface area contributed by atoms with E-state index in [2.05, 4.69) is 11.2 Å². The van der Waals surface area contributed by atoms with Gasteiger partial charge in [0, 0.05) is 0 Å². The predicted molar refractivity (Wildman–Crippen MR) is 36.9 cm³/mol. The minimum Gasteiger partial charge on any atom is -0.298 e. The Morgan fingerprint density at radius 2 is 2.20 bits per heavy atom. The van der Waals surface area contributed by atoms with Crippen LogP contribution in [0.25, 0.3) is 0 Å². The van der Waals surface area contributed by atoms with E-state index in [1.807, 2.05) is 6.92 Å². The van der Waals surface area contributed by atoms with Crippen molar-refractivity contribution in [3.8, 4) is 12.3 Å². The zero-order chi connectivity index (χ0) is 7.98. The van der Waals surface area contributed by atoms with Gasteiger partial charge in [-0.15, -0.1) is 6.42 Å². The second-order valence-electron chi connectivity index (χ2n) is 1.93. The molecule has 0 saturated heterocycles. The topological polar surface area (TPSA) is 12.0 Å². The molecular formula is C7H11F2N. The Labute approximate surface area is 59.8 Å². The van der Waals surface area contributed by atoms with Crippen LogP contribution in [0, 0.1) is 12.3 Å². The SMILES string of the molecule is C#CC(CC)NCC(F)F. The highest BCUT2D eigenvalue weighted by Gasteiger charge is 2.05. The van der Waals surface area contributed by atoms with Gasteiger partial charge in [0.05, 0.1) is 12.6 Å². The summed E-state index contributed by atoms with van der Waals surface area (Å²) in [4.78, 5) is 0. The Morgan fingerprint density at radius 3 is 2.50 bits per heavy atom. The quantitative estimate of drug-likeness (QED) is 0.590. The Morgan fingerprint density at radius 1 is 1.60 bits per heavy atom. The van der Waals surface area contributed by atoms with Gasteiger partial charge in [-0.25, -0.2) is 8.78 Å². The monoisotopic (exact) mass is 147 g/mol. The highest BCUT2D eigenvalue weighted by Crippen LogP contribution is 1.92. The van der Waals surface area contributed by atoms with Crippen LogP contribution in [-0.4, -0.2) is 19.0 Å². The summed E-state index contributed by atoms with van der Waals surface area (Å²) in [5.74, 6) is 2.36. The number of alkyl halides is 2. The lowest BCUT2D eigenvalue weighted by atomic mass is 10.2. The molecule has 0 aliphatic rings. The van der Waals surface area contributed by atoms with Gasteiger partial charge in [-0.05, 0) is 6.42 Å². The van der Waals surface area contributed by atoms with Crippen molar-refractivity contribution in [2.45, 2.75) is 25.8 Å². The molecule has 0 fully saturated rings. The smallest absolute Gasteiger partial charge is 0.250 e. The standard InChI is InChI=1S/C7H11F2N/c1-3-6(4-2)10-5-7(8)9/h1,6-7,10H,4-5H2,2H3. The van der Waals surface area contributed by atoms with E-state index >= 15 is 0 Å². The van der Waals surface area contributed by atoms with Crippen LogP contribution in [0.4, 0.5) is 8.78 Å². The minimum absolute atomic E-state index is 0.214. The zero-order valence-electron chi connectivity index (χ0n) is 5.90. The highest BCUT2D eigenvalue weighted by atomic mass is 19.3. The fourth-order valence-corrected chi connectivity index (χ4v) is 0.552. The summed E-state index contributed by atoms with van der Waals surface area (Å²) in [5.41, 5.74) is 0. The third-order valence-corrected chi connectivity index (χ3v) is 1.13. The summed E-state index contributed by atoms with van der Waals surface area (Å²) in [7, 11) is 0. The van der Waals surface area contributed by atoms with E-state index in [1.54, 1.807) is 0 Å². The number of hydrogen-bond donors (Lipinski definition) is 1. The van der Waals surface area contributed by atoms with Gasteiger partial charge in [0.2, 0.25) is 0 Å². The van der Waals surface area contributed by atoms with Gasteiger partial charge in [0.15, 0.2) is 0 Å². The molecule has 0 spiro atoms. The molecule has 1 atom stereocenters. The van der Waals surface area contributed by atoms with E-state index in [4.69, 9.17) is 6.42 Å². The van der Waals surface area contributed by atoms with Gasteiger partial charge < -0.3 is 0 Å². The Bertz CT molecular complexity index is 117. The lowest BCUT2D eigenvalue weighted by molar-refractivity contribution is 0.143. The predicted octanol–water partition coefficient (Wildman–Crippen LogP) is 1.25. The molecule has 0 heterocycles. The first kappa shape index (κ1) is 9.38. The third-order valence-electron chi connectivity index (χ3n) is 1.13. The Kier molecular flexibility index (Phi) is 4.87. The molecular weight excluding hydrogens is 136 g/mol. The van der Waals surface area contributed by atoms with Gasteiger partial charge in [0.1, 0.15) is 0 Å². The summed E-state index contributed by atoms with van der Waals surface area (Å²) >= 11 is 0. The van der Waals surface area contributed by atoms with Crippen LogP contribution in [0.3, 0.4) is 0 Å². The molecule has 10 heavy (non-hydrogen) atoms. The average Bonchev–Trinajstić information content (AvgIpc) is 1.90. The molecule has 0 aliphatic heterocycles. The molecule has 1 nitrogen and oxygen atoms in total. The van der Waals surface area contributed by atoms with Crippen LogP contribution in [-0.2, 0) is 0 Å². The molecule has 0 aromatic rings. The first-order valence-corrected chi connectivity index (χ1v) is 3.18. The third kappa shape index (κ3) is 4.28. The molecule has 0 bridgehead atoms. The van der Waals surface area contributed by atoms with E-state index < -0.39 is 6.43 Å². The number of hydrogen-bond acceptors (Lipinski definition) is 1. The highest BCUT2D eigenvalue weighted by molar-refractivity contribution is 4.97. The summed E-state index contributed by atoms with van der Waals surface area (Å²) in [6, 6.07) is -0.214. The molecule has 1 unspecified atom stereocenters. The summed E-state index contributed by atoms with van der Waals surface area (Å²) < 4.78 is 23.1. The first-order chi connectivity index (χ1) is 4.70. The Hall–Kier alpha value is -0.620. The van der Waals surface area contributed by atoms with Gasteiger partial charge in [-0.1, -0.05) is 12.8 Å². The van der Waals surface area contributed by atoms with E-state index in [0.717, 1.165) is 0 Å². The van der Waals surface area contributed by atoms with Crippen LogP contribution >= 0.6 is 0 Å². The largest absolute Gasteiger partial charge is 0.298 e. The minimum atomic E-state index is -2.32. The van der Waals surface area contributed by atoms with Crippen molar-refractivity contribution >= 4 is 0 Å². The van der Waals surface area contributed by atoms with Crippen molar-refractivity contribution in [2.75, 3.05) is 6.54 Å². The van der Waals surface area contributed by atoms with Crippen LogP contribution < -0.4 is 5.32 Å². The van der Waals surface area contributed by atoms with Gasteiger partial charge >= 0.3 is 0 Å². The first-order valence-electron chi connectivity index (χ1n) is 3.18. The van der Waals surface area contributed by atoms with Crippen LogP contribution in [0.15, 0.2) is 0 Å². The van der Waals surface area contributed by atoms with Crippen molar-refractivity contribution in [1.29, 1.82) is 0 Å². The summed E-state index contributed by atoms with van der Waals surface area (Å²) in [5, 5.41) is 2.53. The fourth-order valence-electron chi connectivity index (χ4n) is 0.552. The molecule has 0 rings (SSSR count). The molecule has 0 aromatic carbocycles. The van der Waals surface area contributed by atoms with Gasteiger partial charge in [-0.3, -0.25) is 5.32 Å². The van der Waals surface area contributed by atoms with Gasteiger partial charge in [0.25, 0.3) is 6.43 Å². The maximum atomic E-state index is 11.5. The molecule has 1 N–H and O–H groups in total. The molecule has 0 radical (unpaired) electrons. The van der Waals surface area contributed by atoms with E-state index in [9.17, 15) is 8.78 Å². The molecule has 0 aromatic heterocycles. The lowest BCUT2D eigenvalue weighted by Gasteiger charge is -2.08. The average molecular weight is 147 g/mol. The number of rotatable bonds is 4. The van der Waals surface area contributed by atoms with E-state index in [1.165, 1.54) is 0 Å². The molecule has 58 valence electrons. The van der Waals surface area contributed by atoms with E-state index in [0.29, 0.717) is 6.42 Å².